The van der Waals surface area contributed by atoms with Gasteiger partial charge in [0.25, 0.3) is 0 Å². The highest BCUT2D eigenvalue weighted by Gasteiger charge is 2.07. The van der Waals surface area contributed by atoms with Crippen molar-refractivity contribution in [2.45, 2.75) is 6.92 Å². The number of nitrogens with zero attached hydrogens (tertiary/aromatic N) is 1. The molecule has 0 bridgehead atoms. The van der Waals surface area contributed by atoms with E-state index in [2.05, 4.69) is 15.6 Å². The summed E-state index contributed by atoms with van der Waals surface area (Å²) < 4.78 is 5.33. The van der Waals surface area contributed by atoms with Gasteiger partial charge in [-0.3, -0.25) is 9.59 Å². The molecule has 8 heteroatoms. The van der Waals surface area contributed by atoms with E-state index in [1.807, 2.05) is 6.92 Å². The Labute approximate surface area is 142 Å². The van der Waals surface area contributed by atoms with Crippen LogP contribution >= 0.6 is 23.1 Å². The molecule has 1 aromatic carbocycles. The Balaban J connectivity index is 1.67. The molecule has 2 rings (SSSR count). The van der Waals surface area contributed by atoms with Crippen molar-refractivity contribution in [3.8, 4) is 5.75 Å². The molecule has 2 amide bonds. The molecule has 0 saturated heterocycles. The largest absolute Gasteiger partial charge is 0.494 e. The van der Waals surface area contributed by atoms with Crippen molar-refractivity contribution in [3.63, 3.8) is 0 Å². The minimum Gasteiger partial charge on any atom is -0.494 e. The lowest BCUT2D eigenvalue weighted by Crippen LogP contribution is -2.18. The minimum absolute atomic E-state index is 0.152. The first-order chi connectivity index (χ1) is 11.2. The number of hydrogen-bond acceptors (Lipinski definition) is 6. The second-order valence-electron chi connectivity index (χ2n) is 4.38. The lowest BCUT2D eigenvalue weighted by Gasteiger charge is -2.07. The summed E-state index contributed by atoms with van der Waals surface area (Å²) in [4.78, 5) is 27.4. The average molecular weight is 351 g/mol. The summed E-state index contributed by atoms with van der Waals surface area (Å²) in [6, 6.07) is 7.16. The molecule has 2 aromatic rings. The quantitative estimate of drug-likeness (QED) is 0.764. The van der Waals surface area contributed by atoms with Crippen molar-refractivity contribution < 1.29 is 14.3 Å². The molecule has 0 fully saturated rings. The number of hydrogen-bond donors (Lipinski definition) is 2. The fraction of sp³-hybridized carbons (Fsp3) is 0.267. The molecule has 0 saturated carbocycles. The Morgan fingerprint density at radius 2 is 1.87 bits per heavy atom. The van der Waals surface area contributed by atoms with Gasteiger partial charge in [-0.25, -0.2) is 4.98 Å². The maximum atomic E-state index is 11.8. The average Bonchev–Trinajstić information content (AvgIpc) is 3.02. The summed E-state index contributed by atoms with van der Waals surface area (Å²) in [6.45, 7) is 2.52. The Bertz CT molecular complexity index is 630. The van der Waals surface area contributed by atoms with E-state index in [1.54, 1.807) is 35.8 Å². The van der Waals surface area contributed by atoms with Crippen LogP contribution in [0.25, 0.3) is 0 Å². The van der Waals surface area contributed by atoms with Gasteiger partial charge in [-0.05, 0) is 31.2 Å². The first kappa shape index (κ1) is 17.3. The van der Waals surface area contributed by atoms with Crippen molar-refractivity contribution in [3.05, 3.63) is 35.8 Å². The first-order valence-electron chi connectivity index (χ1n) is 6.97. The Kier molecular flexibility index (Phi) is 6.89. The van der Waals surface area contributed by atoms with E-state index in [9.17, 15) is 9.59 Å². The van der Waals surface area contributed by atoms with E-state index >= 15 is 0 Å². The van der Waals surface area contributed by atoms with Crippen LogP contribution in [0.3, 0.4) is 0 Å². The van der Waals surface area contributed by atoms with Crippen LogP contribution in [0, 0.1) is 0 Å². The zero-order chi connectivity index (χ0) is 16.5. The molecule has 0 aliphatic carbocycles. The van der Waals surface area contributed by atoms with Gasteiger partial charge >= 0.3 is 0 Å². The van der Waals surface area contributed by atoms with E-state index < -0.39 is 0 Å². The summed E-state index contributed by atoms with van der Waals surface area (Å²) in [6.07, 6.45) is 1.62. The van der Waals surface area contributed by atoms with E-state index in [0.717, 1.165) is 5.75 Å². The van der Waals surface area contributed by atoms with Crippen molar-refractivity contribution in [1.29, 1.82) is 0 Å². The van der Waals surface area contributed by atoms with Gasteiger partial charge in [0.15, 0.2) is 5.13 Å². The molecule has 0 radical (unpaired) electrons. The van der Waals surface area contributed by atoms with Gasteiger partial charge in [-0.15, -0.1) is 23.1 Å². The maximum Gasteiger partial charge on any atom is 0.236 e. The standard InChI is InChI=1S/C15H17N3O3S2/c1-2-21-12-5-3-11(4-6-12)17-13(19)9-22-10-14(20)18-15-16-7-8-23-15/h3-8H,2,9-10H2,1H3,(H,17,19)(H,16,18,20). The normalized spacial score (nSPS) is 10.1. The Hall–Kier alpha value is -2.06. The second-order valence-corrected chi connectivity index (χ2v) is 6.26. The molecule has 122 valence electrons. The van der Waals surface area contributed by atoms with Crippen molar-refractivity contribution in [2.75, 3.05) is 28.7 Å². The highest BCUT2D eigenvalue weighted by molar-refractivity contribution is 8.00. The molecule has 1 heterocycles. The highest BCUT2D eigenvalue weighted by Crippen LogP contribution is 2.16. The lowest BCUT2D eigenvalue weighted by molar-refractivity contribution is -0.114. The number of anilines is 2. The van der Waals surface area contributed by atoms with Gasteiger partial charge in [0, 0.05) is 17.3 Å². The summed E-state index contributed by atoms with van der Waals surface area (Å²) in [5, 5.41) is 7.79. The zero-order valence-corrected chi connectivity index (χ0v) is 14.2. The van der Waals surface area contributed by atoms with Crippen LogP contribution in [-0.2, 0) is 9.59 Å². The first-order valence-corrected chi connectivity index (χ1v) is 9.00. The number of thioether (sulfide) groups is 1. The number of aromatic nitrogens is 1. The van der Waals surface area contributed by atoms with Crippen LogP contribution in [0.1, 0.15) is 6.92 Å². The second kappa shape index (κ2) is 9.16. The number of amides is 2. The van der Waals surface area contributed by atoms with Crippen molar-refractivity contribution in [1.82, 2.24) is 4.98 Å². The van der Waals surface area contributed by atoms with Crippen LogP contribution in [0.4, 0.5) is 10.8 Å². The SMILES string of the molecule is CCOc1ccc(NC(=O)CSCC(=O)Nc2nccs2)cc1. The topological polar surface area (TPSA) is 80.3 Å². The number of carbonyl (C=O) groups is 2. The Morgan fingerprint density at radius 1 is 1.17 bits per heavy atom. The summed E-state index contributed by atoms with van der Waals surface area (Å²) in [5.41, 5.74) is 0.700. The van der Waals surface area contributed by atoms with Crippen molar-refractivity contribution >= 4 is 45.7 Å². The smallest absolute Gasteiger partial charge is 0.236 e. The monoisotopic (exact) mass is 351 g/mol. The number of thiazole rings is 1. The fourth-order valence-corrected chi connectivity index (χ4v) is 2.84. The molecule has 0 atom stereocenters. The molecule has 1 aromatic heterocycles. The molecule has 0 aliphatic heterocycles. The predicted molar refractivity (Wildman–Crippen MR) is 94.3 cm³/mol. The predicted octanol–water partition coefficient (Wildman–Crippen LogP) is 2.85. The van der Waals surface area contributed by atoms with Crippen LogP contribution in [0.5, 0.6) is 5.75 Å². The van der Waals surface area contributed by atoms with Gasteiger partial charge in [-0.2, -0.15) is 0 Å². The number of nitrogens with one attached hydrogen (secondary N) is 2. The van der Waals surface area contributed by atoms with Crippen LogP contribution < -0.4 is 15.4 Å². The molecule has 0 spiro atoms. The molecule has 0 aliphatic rings. The van der Waals surface area contributed by atoms with Crippen LogP contribution in [0.15, 0.2) is 35.8 Å². The highest BCUT2D eigenvalue weighted by atomic mass is 32.2. The van der Waals surface area contributed by atoms with E-state index in [-0.39, 0.29) is 23.3 Å². The van der Waals surface area contributed by atoms with Gasteiger partial charge in [0.2, 0.25) is 11.8 Å². The lowest BCUT2D eigenvalue weighted by atomic mass is 10.3. The molecule has 0 unspecified atom stereocenters. The minimum atomic E-state index is -0.168. The third-order valence-corrected chi connectivity index (χ3v) is 4.22. The molecule has 23 heavy (non-hydrogen) atoms. The van der Waals surface area contributed by atoms with Gasteiger partial charge < -0.3 is 15.4 Å². The summed E-state index contributed by atoms with van der Waals surface area (Å²) in [7, 11) is 0. The van der Waals surface area contributed by atoms with E-state index in [1.165, 1.54) is 23.1 Å². The Morgan fingerprint density at radius 3 is 2.48 bits per heavy atom. The number of benzene rings is 1. The summed E-state index contributed by atoms with van der Waals surface area (Å²) >= 11 is 2.61. The molecule has 2 N–H and O–H groups in total. The fourth-order valence-electron chi connectivity index (χ4n) is 1.68. The van der Waals surface area contributed by atoms with Crippen molar-refractivity contribution in [2.24, 2.45) is 0 Å². The molecule has 6 nitrogen and oxygen atoms in total. The number of ether oxygens (including phenoxy) is 1. The number of rotatable bonds is 8. The van der Waals surface area contributed by atoms with Gasteiger partial charge in [-0.1, -0.05) is 0 Å². The van der Waals surface area contributed by atoms with Crippen LogP contribution in [-0.4, -0.2) is 34.9 Å². The third kappa shape index (κ3) is 6.29. The molecular weight excluding hydrogens is 334 g/mol. The maximum absolute atomic E-state index is 11.8. The molecular formula is C15H17N3O3S2. The third-order valence-electron chi connectivity index (χ3n) is 2.59. The summed E-state index contributed by atoms with van der Waals surface area (Å²) in [5.74, 6) is 0.855. The van der Waals surface area contributed by atoms with E-state index in [0.29, 0.717) is 17.4 Å². The van der Waals surface area contributed by atoms with E-state index in [4.69, 9.17) is 4.74 Å². The van der Waals surface area contributed by atoms with Gasteiger partial charge in [0.05, 0.1) is 18.1 Å². The van der Waals surface area contributed by atoms with Crippen LogP contribution in [0.2, 0.25) is 0 Å². The van der Waals surface area contributed by atoms with Gasteiger partial charge in [0.1, 0.15) is 5.75 Å². The zero-order valence-electron chi connectivity index (χ0n) is 12.6. The number of carbonyl (C=O) groups excluding carboxylic acids is 2.